The highest BCUT2D eigenvalue weighted by molar-refractivity contribution is 9.10. The highest BCUT2D eigenvalue weighted by Gasteiger charge is 2.21. The van der Waals surface area contributed by atoms with E-state index in [1.54, 1.807) is 6.33 Å². The molecule has 1 fully saturated rings. The van der Waals surface area contributed by atoms with Gasteiger partial charge in [-0.3, -0.25) is 0 Å². The molecule has 1 aromatic rings. The zero-order valence-corrected chi connectivity index (χ0v) is 12.6. The molecule has 0 aliphatic heterocycles. The minimum atomic E-state index is 0.782. The van der Waals surface area contributed by atoms with Crippen molar-refractivity contribution in [2.24, 2.45) is 11.8 Å². The maximum absolute atomic E-state index is 4.29. The monoisotopic (exact) mass is 312 g/mol. The Bertz CT molecular complexity index is 397. The summed E-state index contributed by atoms with van der Waals surface area (Å²) in [5.74, 6) is 3.41. The van der Waals surface area contributed by atoms with Gasteiger partial charge in [0.15, 0.2) is 0 Å². The molecule has 0 spiro atoms. The molecule has 4 nitrogen and oxygen atoms in total. The van der Waals surface area contributed by atoms with Gasteiger partial charge in [0.2, 0.25) is 0 Å². The van der Waals surface area contributed by atoms with Crippen LogP contribution in [-0.4, -0.2) is 23.1 Å². The molecule has 2 unspecified atom stereocenters. The number of nitrogens with one attached hydrogen (secondary N) is 2. The van der Waals surface area contributed by atoms with Crippen LogP contribution in [0.2, 0.25) is 0 Å². The molecule has 5 heteroatoms. The smallest absolute Gasteiger partial charge is 0.145 e. The van der Waals surface area contributed by atoms with E-state index in [4.69, 9.17) is 0 Å². The second-order valence-electron chi connectivity index (χ2n) is 5.08. The van der Waals surface area contributed by atoms with Crippen molar-refractivity contribution >= 4 is 27.6 Å². The molecule has 1 heterocycles. The van der Waals surface area contributed by atoms with Gasteiger partial charge in [0.05, 0.1) is 0 Å². The Labute approximate surface area is 117 Å². The van der Waals surface area contributed by atoms with Crippen molar-refractivity contribution < 1.29 is 0 Å². The molecule has 1 aromatic heterocycles. The van der Waals surface area contributed by atoms with Gasteiger partial charge >= 0.3 is 0 Å². The van der Waals surface area contributed by atoms with Gasteiger partial charge in [-0.15, -0.1) is 0 Å². The van der Waals surface area contributed by atoms with Gasteiger partial charge in [-0.2, -0.15) is 0 Å². The number of nitrogens with zero attached hydrogens (tertiary/aromatic N) is 2. The topological polar surface area (TPSA) is 49.8 Å². The van der Waals surface area contributed by atoms with Crippen LogP contribution in [0.4, 0.5) is 11.6 Å². The Morgan fingerprint density at radius 2 is 2.00 bits per heavy atom. The van der Waals surface area contributed by atoms with E-state index in [0.29, 0.717) is 0 Å². The molecule has 1 aliphatic rings. The largest absolute Gasteiger partial charge is 0.369 e. The maximum Gasteiger partial charge on any atom is 0.145 e. The van der Waals surface area contributed by atoms with Crippen LogP contribution < -0.4 is 10.6 Å². The van der Waals surface area contributed by atoms with Crippen molar-refractivity contribution in [2.75, 3.05) is 23.7 Å². The van der Waals surface area contributed by atoms with Crippen molar-refractivity contribution in [2.45, 2.75) is 33.1 Å². The van der Waals surface area contributed by atoms with Gasteiger partial charge in [-0.05, 0) is 47.5 Å². The van der Waals surface area contributed by atoms with Crippen molar-refractivity contribution in [3.63, 3.8) is 0 Å². The summed E-state index contributed by atoms with van der Waals surface area (Å²) in [4.78, 5) is 8.50. The lowest BCUT2D eigenvalue weighted by Crippen LogP contribution is -2.13. The highest BCUT2D eigenvalue weighted by atomic mass is 79.9. The zero-order valence-electron chi connectivity index (χ0n) is 11.0. The van der Waals surface area contributed by atoms with Crippen LogP contribution in [0.3, 0.4) is 0 Å². The van der Waals surface area contributed by atoms with Gasteiger partial charge in [0.1, 0.15) is 22.4 Å². The van der Waals surface area contributed by atoms with E-state index in [2.05, 4.69) is 50.4 Å². The second-order valence-corrected chi connectivity index (χ2v) is 5.87. The summed E-state index contributed by atoms with van der Waals surface area (Å²) in [5.41, 5.74) is 0. The Kier molecular flexibility index (Phi) is 4.80. The van der Waals surface area contributed by atoms with Gasteiger partial charge < -0.3 is 10.6 Å². The molecule has 2 N–H and O–H groups in total. The number of rotatable bonds is 5. The summed E-state index contributed by atoms with van der Waals surface area (Å²) < 4.78 is 0.929. The lowest BCUT2D eigenvalue weighted by Gasteiger charge is -2.14. The van der Waals surface area contributed by atoms with Crippen molar-refractivity contribution in [3.05, 3.63) is 10.8 Å². The minimum Gasteiger partial charge on any atom is -0.369 e. The fraction of sp³-hybridized carbons (Fsp3) is 0.692. The Morgan fingerprint density at radius 3 is 2.61 bits per heavy atom. The fourth-order valence-corrected chi connectivity index (χ4v) is 3.02. The Balaban J connectivity index is 1.94. The van der Waals surface area contributed by atoms with Gasteiger partial charge in [-0.25, -0.2) is 9.97 Å². The SMILES string of the molecule is CCNc1ncnc(NCC2CCC(C)C2)c1Br. The lowest BCUT2D eigenvalue weighted by molar-refractivity contribution is 0.536. The molecule has 0 bridgehead atoms. The summed E-state index contributed by atoms with van der Waals surface area (Å²) in [6.07, 6.45) is 5.62. The number of halogens is 1. The van der Waals surface area contributed by atoms with E-state index in [-0.39, 0.29) is 0 Å². The molecule has 0 radical (unpaired) electrons. The maximum atomic E-state index is 4.29. The van der Waals surface area contributed by atoms with Crippen LogP contribution in [0.1, 0.15) is 33.1 Å². The molecule has 0 saturated heterocycles. The van der Waals surface area contributed by atoms with Gasteiger partial charge in [0.25, 0.3) is 0 Å². The van der Waals surface area contributed by atoms with E-state index in [0.717, 1.165) is 41.0 Å². The molecule has 2 atom stereocenters. The van der Waals surface area contributed by atoms with Crippen LogP contribution in [0.25, 0.3) is 0 Å². The predicted molar refractivity (Wildman–Crippen MR) is 78.9 cm³/mol. The summed E-state index contributed by atoms with van der Waals surface area (Å²) in [7, 11) is 0. The molecular weight excluding hydrogens is 292 g/mol. The Morgan fingerprint density at radius 1 is 1.28 bits per heavy atom. The van der Waals surface area contributed by atoms with Crippen molar-refractivity contribution in [1.29, 1.82) is 0 Å². The van der Waals surface area contributed by atoms with Crippen LogP contribution in [0.5, 0.6) is 0 Å². The first kappa shape index (κ1) is 13.6. The van der Waals surface area contributed by atoms with Gasteiger partial charge in [0, 0.05) is 13.1 Å². The van der Waals surface area contributed by atoms with E-state index < -0.39 is 0 Å². The highest BCUT2D eigenvalue weighted by Crippen LogP contribution is 2.31. The molecule has 100 valence electrons. The molecule has 2 rings (SSSR count). The van der Waals surface area contributed by atoms with Crippen LogP contribution in [0, 0.1) is 11.8 Å². The molecule has 0 aromatic carbocycles. The summed E-state index contributed by atoms with van der Waals surface area (Å²) >= 11 is 3.55. The summed E-state index contributed by atoms with van der Waals surface area (Å²) in [6.45, 7) is 6.26. The first-order valence-electron chi connectivity index (χ1n) is 6.69. The van der Waals surface area contributed by atoms with E-state index in [9.17, 15) is 0 Å². The van der Waals surface area contributed by atoms with Crippen LogP contribution >= 0.6 is 15.9 Å². The average Bonchev–Trinajstić information content (AvgIpc) is 2.77. The number of hydrogen-bond acceptors (Lipinski definition) is 4. The average molecular weight is 313 g/mol. The quantitative estimate of drug-likeness (QED) is 0.873. The van der Waals surface area contributed by atoms with E-state index >= 15 is 0 Å². The zero-order chi connectivity index (χ0) is 13.0. The van der Waals surface area contributed by atoms with Crippen LogP contribution in [-0.2, 0) is 0 Å². The minimum absolute atomic E-state index is 0.782. The fourth-order valence-electron chi connectivity index (χ4n) is 2.54. The third-order valence-corrected chi connectivity index (χ3v) is 4.25. The number of hydrogen-bond donors (Lipinski definition) is 2. The van der Waals surface area contributed by atoms with Crippen molar-refractivity contribution in [3.8, 4) is 0 Å². The molecular formula is C13H21BrN4. The number of aromatic nitrogens is 2. The van der Waals surface area contributed by atoms with E-state index in [1.807, 2.05) is 0 Å². The van der Waals surface area contributed by atoms with E-state index in [1.165, 1.54) is 19.3 Å². The third-order valence-electron chi connectivity index (χ3n) is 3.50. The first-order chi connectivity index (χ1) is 8.70. The standard InChI is InChI=1S/C13H21BrN4/c1-3-15-12-11(14)13(18-8-17-12)16-7-10-5-4-9(2)6-10/h8-10H,3-7H2,1-2H3,(H2,15,16,17,18). The second kappa shape index (κ2) is 6.36. The molecule has 18 heavy (non-hydrogen) atoms. The Hall–Kier alpha value is -0.840. The summed E-state index contributed by atoms with van der Waals surface area (Å²) in [5, 5.41) is 6.65. The molecule has 1 aliphatic carbocycles. The number of anilines is 2. The summed E-state index contributed by atoms with van der Waals surface area (Å²) in [6, 6.07) is 0. The normalized spacial score (nSPS) is 23.1. The molecule has 1 saturated carbocycles. The van der Waals surface area contributed by atoms with Crippen LogP contribution in [0.15, 0.2) is 10.8 Å². The van der Waals surface area contributed by atoms with Gasteiger partial charge in [-0.1, -0.05) is 13.3 Å². The lowest BCUT2D eigenvalue weighted by atomic mass is 10.1. The predicted octanol–water partition coefficient (Wildman–Crippen LogP) is 3.52. The first-order valence-corrected chi connectivity index (χ1v) is 7.48. The molecule has 0 amide bonds. The van der Waals surface area contributed by atoms with Crippen molar-refractivity contribution in [1.82, 2.24) is 9.97 Å². The third kappa shape index (κ3) is 3.34.